The summed E-state index contributed by atoms with van der Waals surface area (Å²) in [5, 5.41) is 19.3. The molecule has 24 heavy (non-hydrogen) atoms. The van der Waals surface area contributed by atoms with Crippen molar-refractivity contribution >= 4 is 12.0 Å². The lowest BCUT2D eigenvalue weighted by Gasteiger charge is -2.36. The van der Waals surface area contributed by atoms with Crippen molar-refractivity contribution in [1.82, 2.24) is 9.80 Å². The fraction of sp³-hybridized carbons (Fsp3) is 0.500. The molecular weight excluding hydrogens is 318 g/mol. The zero-order valence-electron chi connectivity index (χ0n) is 13.8. The van der Waals surface area contributed by atoms with E-state index >= 15 is 0 Å². The lowest BCUT2D eigenvalue weighted by molar-refractivity contribution is -0.135. The third kappa shape index (κ3) is 3.92. The number of halogens is 2. The van der Waals surface area contributed by atoms with Gasteiger partial charge in [-0.2, -0.15) is 5.26 Å². The van der Waals surface area contributed by atoms with Crippen LogP contribution in [-0.2, 0) is 0 Å². The molecule has 1 atom stereocenters. The van der Waals surface area contributed by atoms with Gasteiger partial charge in [0.1, 0.15) is 11.6 Å². The molecule has 1 aromatic rings. The normalized spacial score (nSPS) is 20.8. The second-order valence-electron chi connectivity index (χ2n) is 6.02. The Morgan fingerprint density at radius 1 is 1.50 bits per heavy atom. The fourth-order valence-corrected chi connectivity index (χ4v) is 2.45. The molecule has 0 radical (unpaired) electrons. The summed E-state index contributed by atoms with van der Waals surface area (Å²) in [6, 6.07) is 4.60. The maximum Gasteiger partial charge on any atom is 0.296 e. The monoisotopic (exact) mass is 338 g/mol. The van der Waals surface area contributed by atoms with Gasteiger partial charge in [0.2, 0.25) is 0 Å². The van der Waals surface area contributed by atoms with Gasteiger partial charge in [0.05, 0.1) is 18.6 Å². The summed E-state index contributed by atoms with van der Waals surface area (Å²) < 4.78 is 33.7. The van der Waals surface area contributed by atoms with Gasteiger partial charge < -0.3 is 19.6 Å². The van der Waals surface area contributed by atoms with Crippen molar-refractivity contribution < 1.29 is 18.6 Å². The van der Waals surface area contributed by atoms with Gasteiger partial charge in [-0.05, 0) is 19.2 Å². The summed E-state index contributed by atoms with van der Waals surface area (Å²) in [5.74, 6) is -3.68. The van der Waals surface area contributed by atoms with Crippen LogP contribution >= 0.6 is 0 Å². The van der Waals surface area contributed by atoms with Crippen LogP contribution in [-0.4, -0.2) is 67.5 Å². The van der Waals surface area contributed by atoms with Crippen LogP contribution in [0.2, 0.25) is 0 Å². The Balaban J connectivity index is 2.36. The maximum absolute atomic E-state index is 14.2. The highest BCUT2D eigenvalue weighted by molar-refractivity contribution is 5.70. The van der Waals surface area contributed by atoms with E-state index in [1.54, 1.807) is 26.0 Å². The molecule has 8 heteroatoms. The van der Waals surface area contributed by atoms with Crippen LogP contribution in [0.3, 0.4) is 0 Å². The molecule has 0 bridgehead atoms. The van der Waals surface area contributed by atoms with E-state index in [1.807, 2.05) is 6.07 Å². The smallest absolute Gasteiger partial charge is 0.296 e. The number of likely N-dealkylation sites (tertiary alicyclic amines) is 1. The van der Waals surface area contributed by atoms with Gasteiger partial charge in [-0.3, -0.25) is 0 Å². The van der Waals surface area contributed by atoms with Crippen molar-refractivity contribution in [2.45, 2.75) is 18.4 Å². The minimum absolute atomic E-state index is 0.0668. The third-order valence-electron chi connectivity index (χ3n) is 3.64. The quantitative estimate of drug-likeness (QED) is 0.673. The Hall–Kier alpha value is -2.40. The number of alkyl halides is 2. The first-order valence-electron chi connectivity index (χ1n) is 7.44. The van der Waals surface area contributed by atoms with E-state index in [1.165, 1.54) is 23.4 Å². The molecular formula is C16H20F2N4O2. The number of phenols is 1. The lowest BCUT2D eigenvalue weighted by atomic mass is 10.0. The molecule has 1 aliphatic rings. The molecule has 1 heterocycles. The number of ether oxygens (including phenoxy) is 1. The molecule has 2 rings (SSSR count). The number of hydrogen-bond donors (Lipinski definition) is 1. The number of benzene rings is 1. The molecule has 0 aromatic heterocycles. The number of nitrogens with zero attached hydrogens (tertiary/aromatic N) is 4. The Bertz CT molecular complexity index is 671. The zero-order valence-corrected chi connectivity index (χ0v) is 13.8. The number of rotatable bonds is 4. The summed E-state index contributed by atoms with van der Waals surface area (Å²) in [6.07, 6.45) is 0.167. The SMILES string of the molecule is CN(C)/C=N/c1ccc(O)c(OC2CCN(C)CC2(F)F)c1C#N. The zero-order chi connectivity index (χ0) is 17.9. The first-order valence-corrected chi connectivity index (χ1v) is 7.44. The number of aromatic hydroxyl groups is 1. The van der Waals surface area contributed by atoms with Gasteiger partial charge in [-0.15, -0.1) is 0 Å². The lowest BCUT2D eigenvalue weighted by Crippen LogP contribution is -2.52. The van der Waals surface area contributed by atoms with Crippen LogP contribution in [0.1, 0.15) is 12.0 Å². The molecule has 130 valence electrons. The molecule has 1 aliphatic heterocycles. The standard InChI is InChI=1S/C16H20F2N4O2/c1-21(2)10-20-12-4-5-13(23)15(11(12)8-19)24-14-6-7-22(3)9-16(14,17)18/h4-5,10,14,23H,6-7,9H2,1-3H3/b20-10+. The molecule has 1 unspecified atom stereocenters. The van der Waals surface area contributed by atoms with Crippen molar-refractivity contribution in [3.63, 3.8) is 0 Å². The Labute approximate surface area is 139 Å². The van der Waals surface area contributed by atoms with E-state index < -0.39 is 18.6 Å². The summed E-state index contributed by atoms with van der Waals surface area (Å²) >= 11 is 0. The fourth-order valence-electron chi connectivity index (χ4n) is 2.45. The molecule has 6 nitrogen and oxygen atoms in total. The van der Waals surface area contributed by atoms with Crippen molar-refractivity contribution in [1.29, 1.82) is 5.26 Å². The molecule has 0 amide bonds. The van der Waals surface area contributed by atoms with Crippen LogP contribution in [0, 0.1) is 11.3 Å². The average molecular weight is 338 g/mol. The van der Waals surface area contributed by atoms with E-state index in [2.05, 4.69) is 4.99 Å². The topological polar surface area (TPSA) is 72.1 Å². The minimum Gasteiger partial charge on any atom is -0.504 e. The highest BCUT2D eigenvalue weighted by atomic mass is 19.3. The van der Waals surface area contributed by atoms with Gasteiger partial charge in [-0.25, -0.2) is 13.8 Å². The van der Waals surface area contributed by atoms with E-state index in [9.17, 15) is 19.1 Å². The molecule has 1 fully saturated rings. The Morgan fingerprint density at radius 2 is 2.21 bits per heavy atom. The summed E-state index contributed by atoms with van der Waals surface area (Å²) in [4.78, 5) is 7.29. The minimum atomic E-state index is -3.07. The van der Waals surface area contributed by atoms with Gasteiger partial charge in [0.25, 0.3) is 5.92 Å². The number of phenolic OH excluding ortho intramolecular Hbond substituents is 1. The van der Waals surface area contributed by atoms with Crippen molar-refractivity contribution in [3.05, 3.63) is 17.7 Å². The Kier molecular flexibility index (Phi) is 5.24. The highest BCUT2D eigenvalue weighted by Gasteiger charge is 2.46. The maximum atomic E-state index is 14.2. The van der Waals surface area contributed by atoms with E-state index in [4.69, 9.17) is 4.74 Å². The van der Waals surface area contributed by atoms with Gasteiger partial charge in [-0.1, -0.05) is 0 Å². The number of piperidine rings is 1. The molecule has 1 aromatic carbocycles. The molecule has 1 saturated heterocycles. The summed E-state index contributed by atoms with van der Waals surface area (Å²) in [7, 11) is 5.12. The van der Waals surface area contributed by atoms with Crippen LogP contribution in [0.4, 0.5) is 14.5 Å². The van der Waals surface area contributed by atoms with Gasteiger partial charge in [0.15, 0.2) is 17.6 Å². The first kappa shape index (κ1) is 17.9. The van der Waals surface area contributed by atoms with E-state index in [0.29, 0.717) is 6.54 Å². The number of nitriles is 1. The van der Waals surface area contributed by atoms with Crippen LogP contribution < -0.4 is 4.74 Å². The summed E-state index contributed by atoms with van der Waals surface area (Å²) in [5.41, 5.74) is 0.179. The average Bonchev–Trinajstić information content (AvgIpc) is 2.49. The predicted molar refractivity (Wildman–Crippen MR) is 86.1 cm³/mol. The molecule has 1 N–H and O–H groups in total. The van der Waals surface area contributed by atoms with E-state index in [-0.39, 0.29) is 29.2 Å². The largest absolute Gasteiger partial charge is 0.504 e. The second kappa shape index (κ2) is 7.01. The van der Waals surface area contributed by atoms with Gasteiger partial charge in [0, 0.05) is 27.1 Å². The number of hydrogen-bond acceptors (Lipinski definition) is 5. The Morgan fingerprint density at radius 3 is 2.79 bits per heavy atom. The van der Waals surface area contributed by atoms with Crippen LogP contribution in [0.25, 0.3) is 0 Å². The first-order chi connectivity index (χ1) is 11.2. The van der Waals surface area contributed by atoms with Crippen LogP contribution in [0.15, 0.2) is 17.1 Å². The van der Waals surface area contributed by atoms with Crippen molar-refractivity contribution in [2.75, 3.05) is 34.2 Å². The molecule has 0 aliphatic carbocycles. The molecule has 0 spiro atoms. The van der Waals surface area contributed by atoms with Gasteiger partial charge >= 0.3 is 0 Å². The van der Waals surface area contributed by atoms with Crippen molar-refractivity contribution in [2.24, 2.45) is 4.99 Å². The third-order valence-corrected chi connectivity index (χ3v) is 3.64. The summed E-state index contributed by atoms with van der Waals surface area (Å²) in [6.45, 7) is 0.0141. The van der Waals surface area contributed by atoms with Crippen molar-refractivity contribution in [3.8, 4) is 17.6 Å². The predicted octanol–water partition coefficient (Wildman–Crippen LogP) is 2.20. The highest BCUT2D eigenvalue weighted by Crippen LogP contribution is 2.40. The van der Waals surface area contributed by atoms with Crippen LogP contribution in [0.5, 0.6) is 11.5 Å². The van der Waals surface area contributed by atoms with E-state index in [0.717, 1.165) is 0 Å². The molecule has 0 saturated carbocycles. The number of aliphatic imine (C=N–C) groups is 1. The second-order valence-corrected chi connectivity index (χ2v) is 6.02.